The van der Waals surface area contributed by atoms with E-state index in [1.54, 1.807) is 0 Å². The third-order valence-electron chi connectivity index (χ3n) is 3.47. The molecule has 14 heavy (non-hydrogen) atoms. The Morgan fingerprint density at radius 2 is 1.93 bits per heavy atom. The Kier molecular flexibility index (Phi) is 4.67. The smallest absolute Gasteiger partial charge is 0.00190 e. The van der Waals surface area contributed by atoms with Crippen molar-refractivity contribution in [2.45, 2.75) is 40.0 Å². The first-order valence-corrected chi connectivity index (χ1v) is 5.91. The van der Waals surface area contributed by atoms with Crippen molar-refractivity contribution in [1.82, 2.24) is 4.90 Å². The second kappa shape index (κ2) is 5.55. The van der Waals surface area contributed by atoms with Crippen molar-refractivity contribution < 1.29 is 0 Å². The zero-order valence-electron chi connectivity index (χ0n) is 10.2. The van der Waals surface area contributed by atoms with Crippen LogP contribution in [0.25, 0.3) is 0 Å². The lowest BCUT2D eigenvalue weighted by molar-refractivity contribution is 0.178. The molecule has 1 atom stereocenters. The van der Waals surface area contributed by atoms with Crippen LogP contribution in [0.4, 0.5) is 0 Å². The summed E-state index contributed by atoms with van der Waals surface area (Å²) < 4.78 is 0. The van der Waals surface area contributed by atoms with Crippen LogP contribution in [0, 0.1) is 11.8 Å². The van der Waals surface area contributed by atoms with Gasteiger partial charge in [-0.2, -0.15) is 0 Å². The average molecular weight is 195 g/mol. The monoisotopic (exact) mass is 195 g/mol. The molecule has 0 bridgehead atoms. The highest BCUT2D eigenvalue weighted by Crippen LogP contribution is 2.26. The van der Waals surface area contributed by atoms with Gasteiger partial charge >= 0.3 is 0 Å². The van der Waals surface area contributed by atoms with Crippen LogP contribution in [-0.4, -0.2) is 25.0 Å². The van der Waals surface area contributed by atoms with Crippen LogP contribution in [0.2, 0.25) is 0 Å². The minimum atomic E-state index is 0.874. The molecular weight excluding hydrogens is 170 g/mol. The van der Waals surface area contributed by atoms with Crippen LogP contribution in [-0.2, 0) is 0 Å². The number of rotatable bonds is 3. The second-order valence-corrected chi connectivity index (χ2v) is 5.14. The van der Waals surface area contributed by atoms with Gasteiger partial charge in [0.25, 0.3) is 0 Å². The first-order valence-electron chi connectivity index (χ1n) is 5.91. The molecule has 1 rings (SSSR count). The largest absolute Gasteiger partial charge is 0.306 e. The molecule has 1 unspecified atom stereocenters. The van der Waals surface area contributed by atoms with Crippen LogP contribution in [0.5, 0.6) is 0 Å². The van der Waals surface area contributed by atoms with Gasteiger partial charge in [-0.05, 0) is 65.1 Å². The summed E-state index contributed by atoms with van der Waals surface area (Å²) in [6, 6.07) is 0. The van der Waals surface area contributed by atoms with E-state index in [4.69, 9.17) is 0 Å². The molecular formula is C13H25N. The Hall–Kier alpha value is -0.300. The van der Waals surface area contributed by atoms with Crippen molar-refractivity contribution in [3.8, 4) is 0 Å². The van der Waals surface area contributed by atoms with E-state index >= 15 is 0 Å². The maximum Gasteiger partial charge on any atom is -0.00190 e. The highest BCUT2D eigenvalue weighted by molar-refractivity contribution is 4.94. The van der Waals surface area contributed by atoms with E-state index in [2.05, 4.69) is 38.8 Å². The molecule has 0 saturated carbocycles. The normalized spacial score (nSPS) is 22.0. The molecule has 0 spiro atoms. The Morgan fingerprint density at radius 3 is 2.43 bits per heavy atom. The van der Waals surface area contributed by atoms with Crippen molar-refractivity contribution in [3.63, 3.8) is 0 Å². The zero-order chi connectivity index (χ0) is 10.6. The highest BCUT2D eigenvalue weighted by atomic mass is 15.1. The van der Waals surface area contributed by atoms with Gasteiger partial charge in [-0.25, -0.2) is 0 Å². The quantitative estimate of drug-likeness (QED) is 0.624. The van der Waals surface area contributed by atoms with Gasteiger partial charge in [-0.1, -0.05) is 18.6 Å². The molecule has 82 valence electrons. The topological polar surface area (TPSA) is 3.24 Å². The molecule has 0 aromatic rings. The lowest BCUT2D eigenvalue weighted by Gasteiger charge is -2.32. The molecule has 0 N–H and O–H groups in total. The van der Waals surface area contributed by atoms with E-state index in [1.165, 1.54) is 37.9 Å². The number of hydrogen-bond acceptors (Lipinski definition) is 1. The maximum absolute atomic E-state index is 2.45. The van der Waals surface area contributed by atoms with Crippen LogP contribution in [0.3, 0.4) is 0 Å². The van der Waals surface area contributed by atoms with Gasteiger partial charge in [0.1, 0.15) is 0 Å². The van der Waals surface area contributed by atoms with Crippen LogP contribution >= 0.6 is 0 Å². The molecule has 0 aromatic heterocycles. The van der Waals surface area contributed by atoms with Crippen molar-refractivity contribution in [2.24, 2.45) is 11.8 Å². The predicted molar refractivity (Wildman–Crippen MR) is 63.4 cm³/mol. The summed E-state index contributed by atoms with van der Waals surface area (Å²) in [5.74, 6) is 1.83. The van der Waals surface area contributed by atoms with Gasteiger partial charge in [0, 0.05) is 0 Å². The molecule has 1 heteroatoms. The fraction of sp³-hybridized carbons (Fsp3) is 0.846. The Morgan fingerprint density at radius 1 is 1.36 bits per heavy atom. The molecule has 1 fully saturated rings. The second-order valence-electron chi connectivity index (χ2n) is 5.14. The molecule has 1 aliphatic rings. The standard InChI is InChI=1S/C13H25N/c1-11(2)5-6-12(3)13-7-9-14(4)10-8-13/h5,12-13H,6-10H2,1-4H3. The number of nitrogens with zero attached hydrogens (tertiary/aromatic N) is 1. The third-order valence-corrected chi connectivity index (χ3v) is 3.47. The van der Waals surface area contributed by atoms with E-state index < -0.39 is 0 Å². The van der Waals surface area contributed by atoms with Crippen molar-refractivity contribution in [3.05, 3.63) is 11.6 Å². The summed E-state index contributed by atoms with van der Waals surface area (Å²) >= 11 is 0. The summed E-state index contributed by atoms with van der Waals surface area (Å²) in [4.78, 5) is 2.45. The van der Waals surface area contributed by atoms with Crippen molar-refractivity contribution in [1.29, 1.82) is 0 Å². The van der Waals surface area contributed by atoms with Gasteiger partial charge < -0.3 is 4.90 Å². The Labute approximate surface area is 89.2 Å². The van der Waals surface area contributed by atoms with Gasteiger partial charge in [0.15, 0.2) is 0 Å². The lowest BCUT2D eigenvalue weighted by atomic mass is 9.83. The molecule has 0 amide bonds. The summed E-state index contributed by atoms with van der Waals surface area (Å²) in [7, 11) is 2.23. The highest BCUT2D eigenvalue weighted by Gasteiger charge is 2.21. The number of hydrogen-bond donors (Lipinski definition) is 0. The Bertz CT molecular complexity index is 183. The molecule has 1 nitrogen and oxygen atoms in total. The first-order chi connectivity index (χ1) is 6.59. The lowest BCUT2D eigenvalue weighted by Crippen LogP contribution is -2.32. The number of allylic oxidation sites excluding steroid dienone is 2. The molecule has 1 saturated heterocycles. The molecule has 1 heterocycles. The minimum Gasteiger partial charge on any atom is -0.306 e. The van der Waals surface area contributed by atoms with Crippen molar-refractivity contribution in [2.75, 3.05) is 20.1 Å². The first kappa shape index (κ1) is 11.8. The van der Waals surface area contributed by atoms with E-state index in [0.29, 0.717) is 0 Å². The fourth-order valence-electron chi connectivity index (χ4n) is 2.21. The molecule has 0 aliphatic carbocycles. The fourth-order valence-corrected chi connectivity index (χ4v) is 2.21. The Balaban J connectivity index is 2.30. The SMILES string of the molecule is CC(C)=CCC(C)C1CCN(C)CC1. The van der Waals surface area contributed by atoms with Crippen LogP contribution in [0.15, 0.2) is 11.6 Å². The summed E-state index contributed by atoms with van der Waals surface area (Å²) in [6.07, 6.45) is 6.46. The molecule has 0 radical (unpaired) electrons. The minimum absolute atomic E-state index is 0.874. The van der Waals surface area contributed by atoms with E-state index in [0.717, 1.165) is 11.8 Å². The summed E-state index contributed by atoms with van der Waals surface area (Å²) in [6.45, 7) is 9.39. The van der Waals surface area contributed by atoms with Crippen LogP contribution < -0.4 is 0 Å². The predicted octanol–water partition coefficient (Wildman–Crippen LogP) is 3.32. The van der Waals surface area contributed by atoms with E-state index in [-0.39, 0.29) is 0 Å². The van der Waals surface area contributed by atoms with E-state index in [1.807, 2.05) is 0 Å². The van der Waals surface area contributed by atoms with Gasteiger partial charge in [0.05, 0.1) is 0 Å². The van der Waals surface area contributed by atoms with Gasteiger partial charge in [-0.3, -0.25) is 0 Å². The van der Waals surface area contributed by atoms with Crippen LogP contribution in [0.1, 0.15) is 40.0 Å². The third kappa shape index (κ3) is 3.83. The maximum atomic E-state index is 2.45. The summed E-state index contributed by atoms with van der Waals surface area (Å²) in [5, 5.41) is 0. The molecule has 0 aromatic carbocycles. The zero-order valence-corrected chi connectivity index (χ0v) is 10.2. The molecule has 1 aliphatic heterocycles. The number of piperidine rings is 1. The van der Waals surface area contributed by atoms with Gasteiger partial charge in [0.2, 0.25) is 0 Å². The van der Waals surface area contributed by atoms with Gasteiger partial charge in [-0.15, -0.1) is 0 Å². The number of likely N-dealkylation sites (tertiary alicyclic amines) is 1. The average Bonchev–Trinajstić information content (AvgIpc) is 2.15. The van der Waals surface area contributed by atoms with E-state index in [9.17, 15) is 0 Å². The van der Waals surface area contributed by atoms with Crippen molar-refractivity contribution >= 4 is 0 Å². The summed E-state index contributed by atoms with van der Waals surface area (Å²) in [5.41, 5.74) is 1.46.